The monoisotopic (exact) mass is 446 g/mol. The number of nitrogens with two attached hydrogens (primary N) is 1. The van der Waals surface area contributed by atoms with E-state index in [0.717, 1.165) is 18.6 Å². The van der Waals surface area contributed by atoms with E-state index in [4.69, 9.17) is 10.6 Å². The topological polar surface area (TPSA) is 118 Å². The number of aliphatic hydroxyl groups is 1. The van der Waals surface area contributed by atoms with Crippen LogP contribution in [-0.2, 0) is 4.84 Å². The number of amides is 1. The third-order valence-corrected chi connectivity index (χ3v) is 5.39. The lowest BCUT2D eigenvalue weighted by atomic mass is 10.0. The van der Waals surface area contributed by atoms with Crippen LogP contribution in [0.1, 0.15) is 48.7 Å². The Balaban J connectivity index is 1.68. The van der Waals surface area contributed by atoms with Gasteiger partial charge in [-0.05, 0) is 51.0 Å². The van der Waals surface area contributed by atoms with Crippen LogP contribution in [0.5, 0.6) is 0 Å². The van der Waals surface area contributed by atoms with Gasteiger partial charge in [0.2, 0.25) is 0 Å². The van der Waals surface area contributed by atoms with Gasteiger partial charge in [-0.2, -0.15) is 0 Å². The Hall–Kier alpha value is -3.31. The number of fused-ring (bicyclic) bond motifs is 1. The molecule has 1 unspecified atom stereocenters. The van der Waals surface area contributed by atoms with Crippen LogP contribution in [-0.4, -0.2) is 44.4 Å². The maximum atomic E-state index is 14.4. The smallest absolute Gasteiger partial charge is 0.282 e. The molecule has 1 aromatic carbocycles. The van der Waals surface area contributed by atoms with Crippen LogP contribution in [0.15, 0.2) is 30.5 Å². The Morgan fingerprint density at radius 3 is 2.91 bits per heavy atom. The van der Waals surface area contributed by atoms with E-state index in [1.807, 2.05) is 4.90 Å². The molecule has 1 atom stereocenters. The van der Waals surface area contributed by atoms with Crippen molar-refractivity contribution in [3.8, 4) is 0 Å². The second kappa shape index (κ2) is 8.32. The number of anilines is 2. The summed E-state index contributed by atoms with van der Waals surface area (Å²) in [5.74, 6) is -1.23. The molecule has 170 valence electrons. The van der Waals surface area contributed by atoms with E-state index < -0.39 is 29.2 Å². The van der Waals surface area contributed by atoms with Crippen molar-refractivity contribution >= 4 is 23.2 Å². The molecule has 0 spiro atoms. The molecule has 3 heterocycles. The highest BCUT2D eigenvalue weighted by Gasteiger charge is 2.31. The van der Waals surface area contributed by atoms with Gasteiger partial charge in [-0.15, -0.1) is 5.10 Å². The van der Waals surface area contributed by atoms with E-state index in [0.29, 0.717) is 18.8 Å². The summed E-state index contributed by atoms with van der Waals surface area (Å²) in [6, 6.07) is 4.69. The molecule has 1 fully saturated rings. The van der Waals surface area contributed by atoms with Crippen molar-refractivity contribution in [2.24, 2.45) is 0 Å². The fourth-order valence-corrected chi connectivity index (χ4v) is 3.72. The lowest BCUT2D eigenvalue weighted by Gasteiger charge is -2.26. The number of nitrogens with one attached hydrogen (secondary N) is 1. The number of benzene rings is 1. The average Bonchev–Trinajstić information content (AvgIpc) is 3.37. The Kier molecular flexibility index (Phi) is 5.70. The zero-order valence-corrected chi connectivity index (χ0v) is 17.7. The van der Waals surface area contributed by atoms with Crippen molar-refractivity contribution in [1.29, 1.82) is 0 Å². The summed E-state index contributed by atoms with van der Waals surface area (Å²) in [5.41, 5.74) is 7.67. The largest absolute Gasteiger partial charge is 0.393 e. The van der Waals surface area contributed by atoms with Gasteiger partial charge in [0.15, 0.2) is 11.5 Å². The summed E-state index contributed by atoms with van der Waals surface area (Å²) in [4.78, 5) is 24.4. The quantitative estimate of drug-likeness (QED) is 0.498. The Bertz CT molecular complexity index is 1170. The van der Waals surface area contributed by atoms with Gasteiger partial charge in [0.25, 0.3) is 5.91 Å². The molecule has 11 heteroatoms. The predicted octanol–water partition coefficient (Wildman–Crippen LogP) is 2.36. The maximum Gasteiger partial charge on any atom is 0.282 e. The minimum atomic E-state index is -0.996. The standard InChI is InChI=1S/C21H24F2N6O3/c1-21(2,11-30)32-27-20(31)17-18(24)26-29-9-7-16(25-19(17)29)28-8-3-4-15(28)13-10-12(22)5-6-14(13)23/h5-7,9-10,15,30H,3-4,8,11H2,1-2H3,(H2,24,26)(H,27,31). The molecule has 4 rings (SSSR count). The molecule has 0 radical (unpaired) electrons. The van der Waals surface area contributed by atoms with Gasteiger partial charge in [0, 0.05) is 18.3 Å². The molecule has 3 aromatic rings. The van der Waals surface area contributed by atoms with Gasteiger partial charge in [-0.3, -0.25) is 9.63 Å². The summed E-state index contributed by atoms with van der Waals surface area (Å²) >= 11 is 0. The number of nitrogens with zero attached hydrogens (tertiary/aromatic N) is 4. The van der Waals surface area contributed by atoms with Crippen LogP contribution < -0.4 is 16.1 Å². The summed E-state index contributed by atoms with van der Waals surface area (Å²) in [5, 5.41) is 13.4. The highest BCUT2D eigenvalue weighted by molar-refractivity contribution is 6.03. The van der Waals surface area contributed by atoms with Crippen LogP contribution in [0.4, 0.5) is 20.4 Å². The fraction of sp³-hybridized carbons (Fsp3) is 0.381. The first kappa shape index (κ1) is 21.9. The molecule has 9 nitrogen and oxygen atoms in total. The van der Waals surface area contributed by atoms with Crippen molar-refractivity contribution in [2.45, 2.75) is 38.3 Å². The van der Waals surface area contributed by atoms with Crippen molar-refractivity contribution in [3.63, 3.8) is 0 Å². The van der Waals surface area contributed by atoms with E-state index in [-0.39, 0.29) is 29.2 Å². The number of nitrogen functional groups attached to an aromatic ring is 1. The molecule has 0 bridgehead atoms. The van der Waals surface area contributed by atoms with Crippen LogP contribution in [0, 0.1) is 11.6 Å². The van der Waals surface area contributed by atoms with E-state index in [2.05, 4.69) is 15.6 Å². The van der Waals surface area contributed by atoms with Crippen LogP contribution in [0.25, 0.3) is 5.65 Å². The zero-order chi connectivity index (χ0) is 23.0. The molecule has 2 aromatic heterocycles. The summed E-state index contributed by atoms with van der Waals surface area (Å²) < 4.78 is 29.5. The van der Waals surface area contributed by atoms with E-state index in [1.165, 1.54) is 10.6 Å². The van der Waals surface area contributed by atoms with Gasteiger partial charge >= 0.3 is 0 Å². The third kappa shape index (κ3) is 4.08. The number of halogens is 2. The summed E-state index contributed by atoms with van der Waals surface area (Å²) in [6.07, 6.45) is 3.00. The van der Waals surface area contributed by atoms with Gasteiger partial charge in [0.1, 0.15) is 28.6 Å². The normalized spacial score (nSPS) is 16.7. The molecule has 4 N–H and O–H groups in total. The van der Waals surface area contributed by atoms with Gasteiger partial charge in [-0.1, -0.05) is 0 Å². The van der Waals surface area contributed by atoms with Crippen LogP contribution in [0.3, 0.4) is 0 Å². The number of carbonyl (C=O) groups excluding carboxylic acids is 1. The maximum absolute atomic E-state index is 14.4. The Morgan fingerprint density at radius 2 is 2.16 bits per heavy atom. The number of carbonyl (C=O) groups is 1. The van der Waals surface area contributed by atoms with Crippen molar-refractivity contribution in [2.75, 3.05) is 23.8 Å². The van der Waals surface area contributed by atoms with Crippen molar-refractivity contribution in [1.82, 2.24) is 20.1 Å². The SMILES string of the molecule is CC(C)(CO)ONC(=O)c1c(N)nn2ccc(N3CCCC3c3cc(F)ccc3F)nc12. The minimum Gasteiger partial charge on any atom is -0.393 e. The van der Waals surface area contributed by atoms with Crippen molar-refractivity contribution in [3.05, 3.63) is 53.2 Å². The second-order valence-corrected chi connectivity index (χ2v) is 8.28. The van der Waals surface area contributed by atoms with Crippen LogP contribution >= 0.6 is 0 Å². The lowest BCUT2D eigenvalue weighted by molar-refractivity contribution is -0.0955. The highest BCUT2D eigenvalue weighted by atomic mass is 19.1. The first-order valence-electron chi connectivity index (χ1n) is 10.2. The van der Waals surface area contributed by atoms with Gasteiger partial charge < -0.3 is 15.7 Å². The second-order valence-electron chi connectivity index (χ2n) is 8.28. The number of rotatable bonds is 6. The average molecular weight is 446 g/mol. The number of hydroxylamine groups is 1. The third-order valence-electron chi connectivity index (χ3n) is 5.39. The molecule has 0 aliphatic carbocycles. The fourth-order valence-electron chi connectivity index (χ4n) is 3.72. The zero-order valence-electron chi connectivity index (χ0n) is 17.7. The first-order chi connectivity index (χ1) is 15.2. The Morgan fingerprint density at radius 1 is 1.38 bits per heavy atom. The molecule has 0 saturated carbocycles. The van der Waals surface area contributed by atoms with Gasteiger partial charge in [-0.25, -0.2) is 23.8 Å². The van der Waals surface area contributed by atoms with Gasteiger partial charge in [0.05, 0.1) is 12.6 Å². The van der Waals surface area contributed by atoms with Crippen molar-refractivity contribution < 1.29 is 23.5 Å². The molecule has 32 heavy (non-hydrogen) atoms. The van der Waals surface area contributed by atoms with E-state index >= 15 is 0 Å². The molecule has 1 aliphatic rings. The number of aliphatic hydroxyl groups excluding tert-OH is 1. The Labute approximate surface area is 182 Å². The first-order valence-corrected chi connectivity index (χ1v) is 10.2. The van der Waals surface area contributed by atoms with E-state index in [9.17, 15) is 18.7 Å². The highest BCUT2D eigenvalue weighted by Crippen LogP contribution is 2.37. The molecule has 1 aliphatic heterocycles. The number of aromatic nitrogens is 3. The number of hydrogen-bond acceptors (Lipinski definition) is 7. The number of hydrogen-bond donors (Lipinski definition) is 3. The summed E-state index contributed by atoms with van der Waals surface area (Å²) in [6.45, 7) is 3.47. The lowest BCUT2D eigenvalue weighted by Crippen LogP contribution is -2.38. The van der Waals surface area contributed by atoms with Crippen LogP contribution in [0.2, 0.25) is 0 Å². The summed E-state index contributed by atoms with van der Waals surface area (Å²) in [7, 11) is 0. The molecule has 1 saturated heterocycles. The molecular weight excluding hydrogens is 422 g/mol. The predicted molar refractivity (Wildman–Crippen MR) is 113 cm³/mol. The molecular formula is C21H24F2N6O3. The van der Waals surface area contributed by atoms with E-state index in [1.54, 1.807) is 26.1 Å². The molecule has 1 amide bonds. The minimum absolute atomic E-state index is 0.00766.